The normalized spacial score (nSPS) is 19.7. The highest BCUT2D eigenvalue weighted by Crippen LogP contribution is 2.45. The van der Waals surface area contributed by atoms with Gasteiger partial charge in [-0.1, -0.05) is 50.3 Å². The van der Waals surface area contributed by atoms with E-state index >= 15 is 0 Å². The van der Waals surface area contributed by atoms with E-state index < -0.39 is 5.41 Å². The Labute approximate surface area is 247 Å². The Morgan fingerprint density at radius 3 is 2.69 bits per heavy atom. The highest BCUT2D eigenvalue weighted by atomic mass is 19.1. The minimum Gasteiger partial charge on any atom is -0.489 e. The van der Waals surface area contributed by atoms with Crippen molar-refractivity contribution in [2.75, 3.05) is 13.1 Å². The number of nitrogens with one attached hydrogen (secondary N) is 1. The molecule has 0 spiro atoms. The van der Waals surface area contributed by atoms with Crippen LogP contribution in [0, 0.1) is 25.1 Å². The van der Waals surface area contributed by atoms with Crippen molar-refractivity contribution in [1.82, 2.24) is 25.2 Å². The van der Waals surface area contributed by atoms with Crippen LogP contribution in [-0.4, -0.2) is 50.9 Å². The third-order valence-electron chi connectivity index (χ3n) is 9.20. The fraction of sp³-hybridized carbons (Fsp3) is 0.441. The van der Waals surface area contributed by atoms with Crippen molar-refractivity contribution in [3.63, 3.8) is 0 Å². The van der Waals surface area contributed by atoms with Crippen molar-refractivity contribution < 1.29 is 13.9 Å². The van der Waals surface area contributed by atoms with E-state index in [1.807, 2.05) is 7.05 Å². The number of carbonyl (C=O) groups is 1. The van der Waals surface area contributed by atoms with Gasteiger partial charge in [0.05, 0.1) is 11.6 Å². The number of halogens is 1. The smallest absolute Gasteiger partial charge is 0.157 e. The molecule has 0 saturated carbocycles. The molecule has 2 unspecified atom stereocenters. The quantitative estimate of drug-likeness (QED) is 0.279. The number of ketones is 1. The molecule has 0 aliphatic carbocycles. The van der Waals surface area contributed by atoms with Crippen molar-refractivity contribution in [3.05, 3.63) is 87.7 Å². The average Bonchev–Trinajstić information content (AvgIpc) is 3.76. The zero-order valence-corrected chi connectivity index (χ0v) is 25.4. The lowest BCUT2D eigenvalue weighted by atomic mass is 9.67. The number of aromatic nitrogens is 3. The molecule has 6 rings (SSSR count). The van der Waals surface area contributed by atoms with Crippen LogP contribution in [0.1, 0.15) is 66.5 Å². The van der Waals surface area contributed by atoms with E-state index in [9.17, 15) is 9.18 Å². The van der Waals surface area contributed by atoms with E-state index in [4.69, 9.17) is 4.74 Å². The van der Waals surface area contributed by atoms with Crippen LogP contribution in [0.3, 0.4) is 0 Å². The van der Waals surface area contributed by atoms with Crippen LogP contribution in [0.15, 0.2) is 48.5 Å². The van der Waals surface area contributed by atoms with Gasteiger partial charge in [0, 0.05) is 50.1 Å². The third kappa shape index (κ3) is 5.22. The number of hydrogen-bond acceptors (Lipinski definition) is 6. The Kier molecular flexibility index (Phi) is 7.39. The summed E-state index contributed by atoms with van der Waals surface area (Å²) in [4.78, 5) is 16.1. The van der Waals surface area contributed by atoms with Gasteiger partial charge in [-0.15, -0.1) is 5.10 Å². The minimum atomic E-state index is -0.665. The molecule has 2 aliphatic heterocycles. The summed E-state index contributed by atoms with van der Waals surface area (Å²) >= 11 is 0. The molecule has 3 heterocycles. The summed E-state index contributed by atoms with van der Waals surface area (Å²) in [6, 6.07) is 15.5. The fourth-order valence-corrected chi connectivity index (χ4v) is 6.59. The first-order chi connectivity index (χ1) is 20.1. The number of carbonyl (C=O) groups excluding carboxylic acids is 1. The number of ether oxygens (including phenoxy) is 1. The third-order valence-corrected chi connectivity index (χ3v) is 9.20. The Morgan fingerprint density at radius 2 is 1.95 bits per heavy atom. The van der Waals surface area contributed by atoms with Gasteiger partial charge in [0.1, 0.15) is 23.2 Å². The van der Waals surface area contributed by atoms with Crippen LogP contribution in [0.2, 0.25) is 0 Å². The van der Waals surface area contributed by atoms with Gasteiger partial charge in [0.25, 0.3) is 0 Å². The Hall–Kier alpha value is -3.62. The second-order valence-corrected chi connectivity index (χ2v) is 12.6. The van der Waals surface area contributed by atoms with Crippen molar-refractivity contribution in [2.24, 2.45) is 12.5 Å². The number of benzene rings is 3. The van der Waals surface area contributed by atoms with Crippen LogP contribution in [0.25, 0.3) is 11.0 Å². The predicted molar refractivity (Wildman–Crippen MR) is 162 cm³/mol. The molecule has 220 valence electrons. The summed E-state index contributed by atoms with van der Waals surface area (Å²) in [5, 5.41) is 11.9. The fourth-order valence-electron chi connectivity index (χ4n) is 6.59. The molecule has 3 atom stereocenters. The van der Waals surface area contributed by atoms with Gasteiger partial charge in [-0.3, -0.25) is 9.69 Å². The molecule has 3 aromatic carbocycles. The van der Waals surface area contributed by atoms with Crippen LogP contribution >= 0.6 is 0 Å². The lowest BCUT2D eigenvalue weighted by molar-refractivity contribution is -0.127. The molecular weight excluding hydrogens is 529 g/mol. The van der Waals surface area contributed by atoms with E-state index in [0.717, 1.165) is 58.5 Å². The van der Waals surface area contributed by atoms with Crippen molar-refractivity contribution in [2.45, 2.75) is 72.2 Å². The van der Waals surface area contributed by atoms with Gasteiger partial charge in [-0.2, -0.15) is 0 Å². The molecule has 8 heteroatoms. The lowest BCUT2D eigenvalue weighted by Gasteiger charge is -2.35. The highest BCUT2D eigenvalue weighted by Gasteiger charge is 2.46. The molecule has 4 aromatic rings. The molecule has 1 fully saturated rings. The minimum absolute atomic E-state index is 0.0249. The van der Waals surface area contributed by atoms with Crippen LogP contribution < -0.4 is 10.1 Å². The van der Waals surface area contributed by atoms with E-state index in [0.29, 0.717) is 13.1 Å². The van der Waals surface area contributed by atoms with Crippen LogP contribution in [0.5, 0.6) is 5.75 Å². The van der Waals surface area contributed by atoms with Gasteiger partial charge in [-0.25, -0.2) is 9.07 Å². The van der Waals surface area contributed by atoms with Crippen molar-refractivity contribution in [1.29, 1.82) is 0 Å². The number of aryl methyl sites for hydroxylation is 3. The molecule has 0 amide bonds. The number of hydrogen-bond donors (Lipinski definition) is 1. The number of Topliss-reactive ketones (excluding diaryl/α,β-unsaturated/α-hetero) is 1. The molecule has 42 heavy (non-hydrogen) atoms. The van der Waals surface area contributed by atoms with E-state index in [1.54, 1.807) is 16.8 Å². The standard InChI is InChI=1S/C34H40FN5O2/c1-7-26-19-40(18-24-15-25(35)10-13-30(24)42-26)17-23-14-22(9-8-20(23)2)31(34(4,5)33(41)28-16-36-28)27-11-12-29-32(21(27)3)37-38-39(29)6/h8-15,26,28,31,36H,7,16-19H2,1-6H3/t26-,28?,31?/m1/s1. The highest BCUT2D eigenvalue weighted by molar-refractivity contribution is 5.93. The molecule has 1 N–H and O–H groups in total. The Balaban J connectivity index is 1.41. The second-order valence-electron chi connectivity index (χ2n) is 12.6. The summed E-state index contributed by atoms with van der Waals surface area (Å²) in [5.74, 6) is 0.562. The SMILES string of the molecule is CC[C@@H]1CN(Cc2cc(C(c3ccc4c(nnn4C)c3C)C(C)(C)C(=O)C3CN3)ccc2C)Cc2cc(F)ccc2O1. The molecule has 0 radical (unpaired) electrons. The number of rotatable bonds is 8. The molecular formula is C34H40FN5O2. The first-order valence-corrected chi connectivity index (χ1v) is 14.9. The maximum Gasteiger partial charge on any atom is 0.157 e. The van der Waals surface area contributed by atoms with E-state index in [1.165, 1.54) is 17.2 Å². The molecule has 2 aliphatic rings. The maximum absolute atomic E-state index is 14.2. The van der Waals surface area contributed by atoms with E-state index in [-0.39, 0.29) is 29.7 Å². The van der Waals surface area contributed by atoms with Crippen molar-refractivity contribution in [3.8, 4) is 5.75 Å². The molecule has 1 saturated heterocycles. The topological polar surface area (TPSA) is 82.2 Å². The summed E-state index contributed by atoms with van der Waals surface area (Å²) in [6.07, 6.45) is 0.890. The first kappa shape index (κ1) is 28.5. The Bertz CT molecular complexity index is 1660. The molecule has 1 aromatic heterocycles. The van der Waals surface area contributed by atoms with Gasteiger partial charge in [0.2, 0.25) is 0 Å². The average molecular weight is 570 g/mol. The molecule has 0 bridgehead atoms. The second kappa shape index (κ2) is 10.9. The van der Waals surface area contributed by atoms with Gasteiger partial charge < -0.3 is 10.1 Å². The lowest BCUT2D eigenvalue weighted by Crippen LogP contribution is -2.37. The van der Waals surface area contributed by atoms with Gasteiger partial charge in [0.15, 0.2) is 5.78 Å². The summed E-state index contributed by atoms with van der Waals surface area (Å²) in [6.45, 7) is 13.3. The van der Waals surface area contributed by atoms with Gasteiger partial charge >= 0.3 is 0 Å². The molecule has 7 nitrogen and oxygen atoms in total. The zero-order chi connectivity index (χ0) is 29.8. The maximum atomic E-state index is 14.2. The monoisotopic (exact) mass is 569 g/mol. The van der Waals surface area contributed by atoms with Crippen molar-refractivity contribution >= 4 is 16.8 Å². The van der Waals surface area contributed by atoms with Crippen LogP contribution in [-0.2, 0) is 24.9 Å². The summed E-state index contributed by atoms with van der Waals surface area (Å²) < 4.78 is 22.2. The van der Waals surface area contributed by atoms with E-state index in [2.05, 4.69) is 85.5 Å². The zero-order valence-electron chi connectivity index (χ0n) is 25.4. The van der Waals surface area contributed by atoms with Crippen LogP contribution in [0.4, 0.5) is 4.39 Å². The first-order valence-electron chi connectivity index (χ1n) is 14.9. The summed E-state index contributed by atoms with van der Waals surface area (Å²) in [5.41, 5.74) is 7.66. The van der Waals surface area contributed by atoms with Gasteiger partial charge in [-0.05, 0) is 72.4 Å². The summed E-state index contributed by atoms with van der Waals surface area (Å²) in [7, 11) is 1.90. The predicted octanol–water partition coefficient (Wildman–Crippen LogP) is 5.60. The number of nitrogens with zero attached hydrogens (tertiary/aromatic N) is 4. The largest absolute Gasteiger partial charge is 0.489 e. The number of fused-ring (bicyclic) bond motifs is 2. The Morgan fingerprint density at radius 1 is 1.17 bits per heavy atom.